The zero-order chi connectivity index (χ0) is 19.6. The van der Waals surface area contributed by atoms with Crippen molar-refractivity contribution in [3.8, 4) is 28.7 Å². The van der Waals surface area contributed by atoms with E-state index in [9.17, 15) is 5.26 Å². The number of furan rings is 1. The molecule has 0 saturated heterocycles. The summed E-state index contributed by atoms with van der Waals surface area (Å²) in [4.78, 5) is 7.79. The average molecular weight is 382 g/mol. The maximum atomic E-state index is 10.1. The van der Waals surface area contributed by atoms with Gasteiger partial charge in [-0.05, 0) is 31.0 Å². The zero-order valence-electron chi connectivity index (χ0n) is 16.1. The molecule has 5 rings (SSSR count). The van der Waals surface area contributed by atoms with Crippen LogP contribution in [0.15, 0.2) is 59.3 Å². The fourth-order valence-corrected chi connectivity index (χ4v) is 4.28. The van der Waals surface area contributed by atoms with Crippen LogP contribution in [0.2, 0.25) is 0 Å². The van der Waals surface area contributed by atoms with Gasteiger partial charge in [-0.25, -0.2) is 0 Å². The van der Waals surface area contributed by atoms with E-state index in [1.54, 1.807) is 6.20 Å². The van der Waals surface area contributed by atoms with Crippen LogP contribution >= 0.6 is 0 Å². The molecule has 0 atom stereocenters. The summed E-state index contributed by atoms with van der Waals surface area (Å²) in [7, 11) is 0. The van der Waals surface area contributed by atoms with Crippen molar-refractivity contribution >= 4 is 16.8 Å². The van der Waals surface area contributed by atoms with E-state index in [0.29, 0.717) is 23.2 Å². The Morgan fingerprint density at radius 3 is 2.69 bits per heavy atom. The number of hydrogen-bond acceptors (Lipinski definition) is 4. The van der Waals surface area contributed by atoms with Crippen molar-refractivity contribution in [2.24, 2.45) is 0 Å². The smallest absolute Gasteiger partial charge is 0.204 e. The number of rotatable bonds is 4. The fourth-order valence-electron chi connectivity index (χ4n) is 4.28. The molecule has 1 aliphatic rings. The van der Waals surface area contributed by atoms with E-state index in [4.69, 9.17) is 4.42 Å². The molecular formula is C24H22N4O. The van der Waals surface area contributed by atoms with Crippen molar-refractivity contribution in [1.29, 1.82) is 5.26 Å². The lowest BCUT2D eigenvalue weighted by molar-refractivity contribution is 0.452. The number of fused-ring (bicyclic) bond motifs is 1. The Kier molecular flexibility index (Phi) is 4.53. The van der Waals surface area contributed by atoms with Gasteiger partial charge in [-0.2, -0.15) is 5.26 Å². The minimum absolute atomic E-state index is 0.361. The standard InChI is InChI=1S/C24H22N4O/c25-14-18-22(21-12-6-7-13-26-21)24(28-16-8-2-1-3-9-16)29-23(18)19-15-27-20-11-5-4-10-17(19)20/h4-7,10-13,15-16,27-28H,1-3,8-9H2. The number of H-pyrrole nitrogens is 1. The molecule has 0 aliphatic heterocycles. The number of aromatic nitrogens is 2. The van der Waals surface area contributed by atoms with Gasteiger partial charge in [-0.1, -0.05) is 43.5 Å². The molecule has 4 aromatic rings. The van der Waals surface area contributed by atoms with Gasteiger partial charge in [-0.15, -0.1) is 0 Å². The highest BCUT2D eigenvalue weighted by Crippen LogP contribution is 2.43. The number of nitriles is 1. The number of pyridine rings is 1. The number of hydrogen-bond donors (Lipinski definition) is 2. The van der Waals surface area contributed by atoms with Crippen molar-refractivity contribution in [2.45, 2.75) is 38.1 Å². The Balaban J connectivity index is 1.68. The van der Waals surface area contributed by atoms with E-state index in [2.05, 4.69) is 21.4 Å². The minimum Gasteiger partial charge on any atom is -0.438 e. The first-order valence-electron chi connectivity index (χ1n) is 10.2. The monoisotopic (exact) mass is 382 g/mol. The first-order valence-corrected chi connectivity index (χ1v) is 10.2. The molecule has 3 heterocycles. The molecule has 5 heteroatoms. The Bertz CT molecular complexity index is 1180. The predicted molar refractivity (Wildman–Crippen MR) is 114 cm³/mol. The first-order chi connectivity index (χ1) is 14.3. The van der Waals surface area contributed by atoms with E-state index in [1.165, 1.54) is 19.3 Å². The number of benzene rings is 1. The van der Waals surface area contributed by atoms with E-state index < -0.39 is 0 Å². The molecule has 144 valence electrons. The van der Waals surface area contributed by atoms with Crippen molar-refractivity contribution in [3.63, 3.8) is 0 Å². The topological polar surface area (TPSA) is 77.6 Å². The normalized spacial score (nSPS) is 14.7. The second-order valence-electron chi connectivity index (χ2n) is 7.56. The second kappa shape index (κ2) is 7.48. The lowest BCUT2D eigenvalue weighted by atomic mass is 9.95. The van der Waals surface area contributed by atoms with Gasteiger partial charge in [0, 0.05) is 34.9 Å². The summed E-state index contributed by atoms with van der Waals surface area (Å²) >= 11 is 0. The molecule has 3 aromatic heterocycles. The number of aromatic amines is 1. The molecule has 29 heavy (non-hydrogen) atoms. The zero-order valence-corrected chi connectivity index (χ0v) is 16.1. The van der Waals surface area contributed by atoms with Gasteiger partial charge < -0.3 is 14.7 Å². The molecule has 0 spiro atoms. The Morgan fingerprint density at radius 2 is 1.90 bits per heavy atom. The maximum absolute atomic E-state index is 10.1. The summed E-state index contributed by atoms with van der Waals surface area (Å²) in [5.41, 5.74) is 3.93. The van der Waals surface area contributed by atoms with E-state index in [1.807, 2.05) is 48.7 Å². The Labute approximate surface area is 169 Å². The number of anilines is 1. The predicted octanol–water partition coefficient (Wildman–Crippen LogP) is 6.11. The third-order valence-corrected chi connectivity index (χ3v) is 5.72. The summed E-state index contributed by atoms with van der Waals surface area (Å²) in [6, 6.07) is 16.5. The van der Waals surface area contributed by atoms with Crippen LogP contribution in [-0.2, 0) is 0 Å². The van der Waals surface area contributed by atoms with Crippen LogP contribution in [0.3, 0.4) is 0 Å². The van der Waals surface area contributed by atoms with Crippen LogP contribution in [-0.4, -0.2) is 16.0 Å². The van der Waals surface area contributed by atoms with E-state index in [-0.39, 0.29) is 0 Å². The van der Waals surface area contributed by atoms with Crippen molar-refractivity contribution in [3.05, 3.63) is 60.4 Å². The van der Waals surface area contributed by atoms with Crippen molar-refractivity contribution in [2.75, 3.05) is 5.32 Å². The van der Waals surface area contributed by atoms with Gasteiger partial charge in [0.25, 0.3) is 0 Å². The van der Waals surface area contributed by atoms with Crippen LogP contribution < -0.4 is 5.32 Å². The Morgan fingerprint density at radius 1 is 1.07 bits per heavy atom. The largest absolute Gasteiger partial charge is 0.438 e. The summed E-state index contributed by atoms with van der Waals surface area (Å²) in [5.74, 6) is 1.23. The quantitative estimate of drug-likeness (QED) is 0.447. The number of nitrogens with one attached hydrogen (secondary N) is 2. The maximum Gasteiger partial charge on any atom is 0.204 e. The molecular weight excluding hydrogens is 360 g/mol. The van der Waals surface area contributed by atoms with Crippen LogP contribution in [0.25, 0.3) is 33.5 Å². The third-order valence-electron chi connectivity index (χ3n) is 5.72. The van der Waals surface area contributed by atoms with Crippen LogP contribution in [0.5, 0.6) is 0 Å². The molecule has 1 fully saturated rings. The molecule has 5 nitrogen and oxygen atoms in total. The molecule has 0 unspecified atom stereocenters. The summed E-state index contributed by atoms with van der Waals surface area (Å²) in [6.07, 6.45) is 9.62. The van der Waals surface area contributed by atoms with Crippen LogP contribution in [0.1, 0.15) is 37.7 Å². The first kappa shape index (κ1) is 17.6. The lowest BCUT2D eigenvalue weighted by Gasteiger charge is -2.23. The van der Waals surface area contributed by atoms with Gasteiger partial charge in [0.2, 0.25) is 5.88 Å². The molecule has 1 aliphatic carbocycles. The molecule has 0 bridgehead atoms. The molecule has 0 radical (unpaired) electrons. The van der Waals surface area contributed by atoms with E-state index in [0.717, 1.165) is 40.6 Å². The van der Waals surface area contributed by atoms with Crippen molar-refractivity contribution < 1.29 is 4.42 Å². The Hall–Kier alpha value is -3.52. The van der Waals surface area contributed by atoms with Gasteiger partial charge in [0.1, 0.15) is 11.6 Å². The molecule has 2 N–H and O–H groups in total. The summed E-state index contributed by atoms with van der Waals surface area (Å²) < 4.78 is 6.35. The minimum atomic E-state index is 0.361. The van der Waals surface area contributed by atoms with Crippen molar-refractivity contribution in [1.82, 2.24) is 9.97 Å². The highest BCUT2D eigenvalue weighted by atomic mass is 16.4. The number of para-hydroxylation sites is 1. The SMILES string of the molecule is N#Cc1c(-c2c[nH]c3ccccc23)oc(NC2CCCCC2)c1-c1ccccn1. The van der Waals surface area contributed by atoms with Gasteiger partial charge in [0.15, 0.2) is 5.76 Å². The summed E-state index contributed by atoms with van der Waals surface area (Å²) in [6.45, 7) is 0. The van der Waals surface area contributed by atoms with E-state index >= 15 is 0 Å². The fraction of sp³-hybridized carbons (Fsp3) is 0.250. The molecule has 1 saturated carbocycles. The van der Waals surface area contributed by atoms with Gasteiger partial charge in [-0.3, -0.25) is 4.98 Å². The molecule has 1 aromatic carbocycles. The van der Waals surface area contributed by atoms with Crippen LogP contribution in [0.4, 0.5) is 5.88 Å². The third kappa shape index (κ3) is 3.17. The highest BCUT2D eigenvalue weighted by molar-refractivity contribution is 5.98. The van der Waals surface area contributed by atoms with Gasteiger partial charge >= 0.3 is 0 Å². The van der Waals surface area contributed by atoms with Gasteiger partial charge in [0.05, 0.1) is 11.3 Å². The lowest BCUT2D eigenvalue weighted by Crippen LogP contribution is -2.22. The van der Waals surface area contributed by atoms with Crippen LogP contribution in [0, 0.1) is 11.3 Å². The summed E-state index contributed by atoms with van der Waals surface area (Å²) in [5, 5.41) is 14.7. The highest BCUT2D eigenvalue weighted by Gasteiger charge is 2.27. The average Bonchev–Trinajstić information content (AvgIpc) is 3.36. The number of nitrogens with zero attached hydrogens (tertiary/aromatic N) is 2. The molecule has 0 amide bonds. The second-order valence-corrected chi connectivity index (χ2v) is 7.56.